The lowest BCUT2D eigenvalue weighted by Gasteiger charge is -2.21. The fourth-order valence-electron chi connectivity index (χ4n) is 3.38. The molecule has 0 fully saturated rings. The normalized spacial score (nSPS) is 12.2. The van der Waals surface area contributed by atoms with Crippen molar-refractivity contribution in [3.63, 3.8) is 0 Å². The van der Waals surface area contributed by atoms with Gasteiger partial charge in [-0.1, -0.05) is 45.0 Å². The summed E-state index contributed by atoms with van der Waals surface area (Å²) in [5.74, 6) is 0. The highest BCUT2D eigenvalue weighted by Gasteiger charge is 2.24. The van der Waals surface area contributed by atoms with Gasteiger partial charge in [0, 0.05) is 23.6 Å². The minimum absolute atomic E-state index is 0.00692. The molecule has 0 spiro atoms. The van der Waals surface area contributed by atoms with Crippen molar-refractivity contribution in [1.29, 1.82) is 0 Å². The molecule has 0 amide bonds. The number of benzene rings is 2. The first-order chi connectivity index (χ1) is 11.4. The van der Waals surface area contributed by atoms with E-state index < -0.39 is 0 Å². The quantitative estimate of drug-likeness (QED) is 0.486. The molecule has 120 valence electrons. The van der Waals surface area contributed by atoms with Crippen molar-refractivity contribution in [2.24, 2.45) is 7.05 Å². The number of hydrogen-bond donors (Lipinski definition) is 0. The van der Waals surface area contributed by atoms with Crippen LogP contribution in [0.15, 0.2) is 48.7 Å². The topological polar surface area (TPSA) is 43.6 Å². The van der Waals surface area contributed by atoms with Crippen LogP contribution in [0, 0.1) is 0 Å². The third-order valence-electron chi connectivity index (χ3n) is 4.31. The van der Waals surface area contributed by atoms with Gasteiger partial charge in [0.1, 0.15) is 0 Å². The van der Waals surface area contributed by atoms with Crippen molar-refractivity contribution < 1.29 is 0 Å². The van der Waals surface area contributed by atoms with Crippen LogP contribution in [0.1, 0.15) is 26.5 Å². The van der Waals surface area contributed by atoms with Crippen LogP contribution in [-0.4, -0.2) is 19.7 Å². The van der Waals surface area contributed by atoms with Crippen LogP contribution in [0.2, 0.25) is 0 Å². The van der Waals surface area contributed by atoms with Crippen LogP contribution in [0.4, 0.5) is 0 Å². The van der Waals surface area contributed by atoms with Gasteiger partial charge in [0.2, 0.25) is 0 Å². The van der Waals surface area contributed by atoms with Gasteiger partial charge < -0.3 is 0 Å². The van der Waals surface area contributed by atoms with Crippen LogP contribution in [0.5, 0.6) is 0 Å². The average molecular weight is 316 g/mol. The lowest BCUT2D eigenvalue weighted by Crippen LogP contribution is -2.17. The molecule has 0 radical (unpaired) electrons. The standard InChI is InChI=1S/C20H20N4/c1-20(2,3)19-14(12-21-24(19)4)13-8-7-11-17-18(13)23-16-10-6-5-9-15(16)22-17/h5-12H,1-4H3. The molecule has 4 aromatic rings. The Morgan fingerprint density at radius 3 is 2.17 bits per heavy atom. The first-order valence-electron chi connectivity index (χ1n) is 8.13. The highest BCUT2D eigenvalue weighted by Crippen LogP contribution is 2.35. The summed E-state index contributed by atoms with van der Waals surface area (Å²) < 4.78 is 1.96. The zero-order chi connectivity index (χ0) is 16.9. The monoisotopic (exact) mass is 316 g/mol. The number of hydrogen-bond acceptors (Lipinski definition) is 3. The molecule has 2 heterocycles. The van der Waals surface area contributed by atoms with Gasteiger partial charge >= 0.3 is 0 Å². The van der Waals surface area contributed by atoms with Crippen molar-refractivity contribution in [3.8, 4) is 11.1 Å². The van der Waals surface area contributed by atoms with E-state index in [9.17, 15) is 0 Å². The predicted octanol–water partition coefficient (Wildman–Crippen LogP) is 4.48. The molecular formula is C20H20N4. The summed E-state index contributed by atoms with van der Waals surface area (Å²) in [5.41, 5.74) is 7.08. The maximum atomic E-state index is 4.89. The summed E-state index contributed by atoms with van der Waals surface area (Å²) in [6.45, 7) is 6.62. The molecule has 4 nitrogen and oxygen atoms in total. The molecular weight excluding hydrogens is 296 g/mol. The predicted molar refractivity (Wildman–Crippen MR) is 97.9 cm³/mol. The molecule has 2 aromatic heterocycles. The van der Waals surface area contributed by atoms with Gasteiger partial charge in [-0.05, 0) is 18.2 Å². The largest absolute Gasteiger partial charge is 0.271 e. The van der Waals surface area contributed by atoms with Crippen molar-refractivity contribution in [2.75, 3.05) is 0 Å². The Hall–Kier alpha value is -2.75. The summed E-state index contributed by atoms with van der Waals surface area (Å²) in [4.78, 5) is 9.66. The lowest BCUT2D eigenvalue weighted by atomic mass is 9.87. The molecule has 0 aliphatic rings. The highest BCUT2D eigenvalue weighted by atomic mass is 15.3. The molecule has 2 aromatic carbocycles. The fourth-order valence-corrected chi connectivity index (χ4v) is 3.38. The molecule has 0 saturated heterocycles. The molecule has 0 bridgehead atoms. The third-order valence-corrected chi connectivity index (χ3v) is 4.31. The smallest absolute Gasteiger partial charge is 0.0974 e. The molecule has 0 aliphatic heterocycles. The van der Waals surface area contributed by atoms with Crippen LogP contribution in [-0.2, 0) is 12.5 Å². The van der Waals surface area contributed by atoms with Crippen LogP contribution >= 0.6 is 0 Å². The molecule has 4 heteroatoms. The second kappa shape index (κ2) is 5.13. The Kier molecular flexibility index (Phi) is 3.17. The van der Waals surface area contributed by atoms with Gasteiger partial charge in [-0.15, -0.1) is 0 Å². The molecule has 0 N–H and O–H groups in total. The van der Waals surface area contributed by atoms with E-state index in [2.05, 4.69) is 31.9 Å². The number of aryl methyl sites for hydroxylation is 1. The van der Waals surface area contributed by atoms with E-state index in [0.717, 1.165) is 33.2 Å². The summed E-state index contributed by atoms with van der Waals surface area (Å²) in [6, 6.07) is 14.2. The third kappa shape index (κ3) is 2.26. The summed E-state index contributed by atoms with van der Waals surface area (Å²) >= 11 is 0. The maximum absolute atomic E-state index is 4.89. The number of para-hydroxylation sites is 3. The van der Waals surface area contributed by atoms with E-state index in [1.165, 1.54) is 5.69 Å². The minimum Gasteiger partial charge on any atom is -0.271 e. The Labute approximate surface area is 141 Å². The van der Waals surface area contributed by atoms with E-state index in [1.54, 1.807) is 0 Å². The fraction of sp³-hybridized carbons (Fsp3) is 0.250. The van der Waals surface area contributed by atoms with Crippen molar-refractivity contribution >= 4 is 22.1 Å². The Morgan fingerprint density at radius 2 is 1.46 bits per heavy atom. The van der Waals surface area contributed by atoms with E-state index in [-0.39, 0.29) is 5.41 Å². The second-order valence-corrected chi connectivity index (χ2v) is 7.17. The molecule has 0 atom stereocenters. The van der Waals surface area contributed by atoms with E-state index >= 15 is 0 Å². The van der Waals surface area contributed by atoms with Crippen LogP contribution in [0.3, 0.4) is 0 Å². The number of rotatable bonds is 1. The van der Waals surface area contributed by atoms with Gasteiger partial charge in [0.05, 0.1) is 34.0 Å². The van der Waals surface area contributed by atoms with Gasteiger partial charge in [-0.25, -0.2) is 9.97 Å². The molecule has 0 aliphatic carbocycles. The molecule has 0 saturated carbocycles. The van der Waals surface area contributed by atoms with Gasteiger partial charge in [-0.2, -0.15) is 5.10 Å². The zero-order valence-corrected chi connectivity index (χ0v) is 14.4. The first-order valence-corrected chi connectivity index (χ1v) is 8.13. The number of nitrogens with zero attached hydrogens (tertiary/aromatic N) is 4. The van der Waals surface area contributed by atoms with Crippen molar-refractivity contribution in [2.45, 2.75) is 26.2 Å². The Morgan fingerprint density at radius 1 is 0.792 bits per heavy atom. The van der Waals surface area contributed by atoms with E-state index in [4.69, 9.17) is 9.97 Å². The van der Waals surface area contributed by atoms with Crippen molar-refractivity contribution in [3.05, 3.63) is 54.4 Å². The van der Waals surface area contributed by atoms with Crippen LogP contribution < -0.4 is 0 Å². The molecule has 4 rings (SSSR count). The second-order valence-electron chi connectivity index (χ2n) is 7.17. The lowest BCUT2D eigenvalue weighted by molar-refractivity contribution is 0.524. The highest BCUT2D eigenvalue weighted by molar-refractivity contribution is 5.96. The Bertz CT molecular complexity index is 1050. The minimum atomic E-state index is -0.00692. The SMILES string of the molecule is Cn1ncc(-c2cccc3nc4ccccc4nc23)c1C(C)(C)C. The summed E-state index contributed by atoms with van der Waals surface area (Å²) in [5, 5.41) is 4.50. The zero-order valence-electron chi connectivity index (χ0n) is 14.4. The first kappa shape index (κ1) is 14.8. The van der Waals surface area contributed by atoms with E-state index in [0.29, 0.717) is 0 Å². The summed E-state index contributed by atoms with van der Waals surface area (Å²) in [6.07, 6.45) is 1.94. The number of aromatic nitrogens is 4. The maximum Gasteiger partial charge on any atom is 0.0974 e. The average Bonchev–Trinajstić information content (AvgIpc) is 2.94. The Balaban J connectivity index is 2.06. The molecule has 0 unspecified atom stereocenters. The summed E-state index contributed by atoms with van der Waals surface area (Å²) in [7, 11) is 2.00. The van der Waals surface area contributed by atoms with Gasteiger partial charge in [0.15, 0.2) is 0 Å². The van der Waals surface area contributed by atoms with Gasteiger partial charge in [-0.3, -0.25) is 4.68 Å². The van der Waals surface area contributed by atoms with Crippen molar-refractivity contribution in [1.82, 2.24) is 19.7 Å². The number of fused-ring (bicyclic) bond motifs is 2. The van der Waals surface area contributed by atoms with Crippen LogP contribution in [0.25, 0.3) is 33.2 Å². The van der Waals surface area contributed by atoms with Gasteiger partial charge in [0.25, 0.3) is 0 Å². The molecule has 24 heavy (non-hydrogen) atoms. The van der Waals surface area contributed by atoms with E-state index in [1.807, 2.05) is 54.3 Å².